The third kappa shape index (κ3) is 5.26. The zero-order valence-electron chi connectivity index (χ0n) is 18.1. The van der Waals surface area contributed by atoms with Gasteiger partial charge in [-0.25, -0.2) is 13.4 Å². The van der Waals surface area contributed by atoms with Crippen LogP contribution in [-0.4, -0.2) is 42.0 Å². The summed E-state index contributed by atoms with van der Waals surface area (Å²) in [5.41, 5.74) is 2.38. The molecule has 0 aliphatic heterocycles. The molecule has 8 heteroatoms. The summed E-state index contributed by atoms with van der Waals surface area (Å²) in [5, 5.41) is 4.07. The van der Waals surface area contributed by atoms with Gasteiger partial charge in [-0.2, -0.15) is 4.31 Å². The van der Waals surface area contributed by atoms with Crippen LogP contribution in [0.25, 0.3) is 10.9 Å². The minimum absolute atomic E-state index is 0.101. The number of hydrogen-bond donors (Lipinski definition) is 1. The van der Waals surface area contributed by atoms with E-state index in [4.69, 9.17) is 0 Å². The molecule has 1 atom stereocenters. The summed E-state index contributed by atoms with van der Waals surface area (Å²) in [6, 6.07) is 16.2. The number of sulfonamides is 1. The summed E-state index contributed by atoms with van der Waals surface area (Å²) >= 11 is 1.37. The number of amides is 1. The highest BCUT2D eigenvalue weighted by molar-refractivity contribution is 8.00. The van der Waals surface area contributed by atoms with Gasteiger partial charge in [0.15, 0.2) is 0 Å². The van der Waals surface area contributed by atoms with Crippen LogP contribution in [0.1, 0.15) is 26.3 Å². The van der Waals surface area contributed by atoms with Crippen LogP contribution in [0.4, 0.5) is 5.69 Å². The Kier molecular flexibility index (Phi) is 7.35. The van der Waals surface area contributed by atoms with Crippen LogP contribution in [0, 0.1) is 6.92 Å². The predicted molar refractivity (Wildman–Crippen MR) is 127 cm³/mol. The molecule has 0 bridgehead atoms. The third-order valence-corrected chi connectivity index (χ3v) is 8.08. The number of carbonyl (C=O) groups excluding carboxylic acids is 1. The minimum atomic E-state index is -3.53. The monoisotopic (exact) mass is 457 g/mol. The molecule has 0 radical (unpaired) electrons. The number of nitrogens with zero attached hydrogens (tertiary/aromatic N) is 2. The van der Waals surface area contributed by atoms with Gasteiger partial charge in [-0.15, -0.1) is 0 Å². The number of rotatable bonds is 8. The molecular formula is C23H27N3O3S2. The number of nitrogens with one attached hydrogen (secondary N) is 1. The summed E-state index contributed by atoms with van der Waals surface area (Å²) in [6.45, 7) is 8.26. The Labute approximate surface area is 188 Å². The van der Waals surface area contributed by atoms with Crippen LogP contribution in [0.2, 0.25) is 0 Å². The molecule has 1 amide bonds. The van der Waals surface area contributed by atoms with Crippen molar-refractivity contribution in [2.75, 3.05) is 18.4 Å². The highest BCUT2D eigenvalue weighted by atomic mass is 32.2. The molecule has 0 spiro atoms. The summed E-state index contributed by atoms with van der Waals surface area (Å²) in [5.74, 6) is -0.101. The van der Waals surface area contributed by atoms with E-state index in [1.54, 1.807) is 18.2 Å². The number of para-hydroxylation sites is 1. The summed E-state index contributed by atoms with van der Waals surface area (Å²) in [4.78, 5) is 17.4. The molecule has 0 saturated heterocycles. The number of carbonyl (C=O) groups is 1. The topological polar surface area (TPSA) is 79.4 Å². The zero-order valence-corrected chi connectivity index (χ0v) is 19.8. The smallest absolute Gasteiger partial charge is 0.243 e. The normalized spacial score (nSPS) is 12.8. The maximum absolute atomic E-state index is 12.8. The maximum atomic E-state index is 12.8. The molecular weight excluding hydrogens is 430 g/mol. The van der Waals surface area contributed by atoms with Gasteiger partial charge in [-0.05, 0) is 55.8 Å². The Morgan fingerprint density at radius 3 is 2.42 bits per heavy atom. The molecule has 164 valence electrons. The van der Waals surface area contributed by atoms with Crippen molar-refractivity contribution in [3.63, 3.8) is 0 Å². The van der Waals surface area contributed by atoms with Gasteiger partial charge in [0.2, 0.25) is 15.9 Å². The molecule has 1 heterocycles. The van der Waals surface area contributed by atoms with E-state index < -0.39 is 10.0 Å². The van der Waals surface area contributed by atoms with E-state index in [0.29, 0.717) is 18.6 Å². The fourth-order valence-corrected chi connectivity index (χ4v) is 5.68. The molecule has 0 saturated carbocycles. The minimum Gasteiger partial charge on any atom is -0.325 e. The van der Waals surface area contributed by atoms with E-state index in [0.717, 1.165) is 21.7 Å². The van der Waals surface area contributed by atoms with E-state index in [-0.39, 0.29) is 16.1 Å². The van der Waals surface area contributed by atoms with E-state index in [1.807, 2.05) is 64.1 Å². The lowest BCUT2D eigenvalue weighted by atomic mass is 10.1. The van der Waals surface area contributed by atoms with Crippen molar-refractivity contribution < 1.29 is 13.2 Å². The summed E-state index contributed by atoms with van der Waals surface area (Å²) < 4.78 is 27.1. The molecule has 2 aromatic carbocycles. The van der Waals surface area contributed by atoms with Gasteiger partial charge in [-0.3, -0.25) is 4.79 Å². The standard InChI is InChI=1S/C23H27N3O3S2/c1-5-26(6-2)31(28,29)19-12-13-21-20(15-19)16(3)14-22(25-21)30-17(4)23(27)24-18-10-8-7-9-11-18/h7-15,17H,5-6H2,1-4H3,(H,24,27)/t17-/m0/s1. The molecule has 6 nitrogen and oxygen atoms in total. The van der Waals surface area contributed by atoms with E-state index in [2.05, 4.69) is 10.3 Å². The number of benzene rings is 2. The Morgan fingerprint density at radius 2 is 1.77 bits per heavy atom. The summed E-state index contributed by atoms with van der Waals surface area (Å²) in [7, 11) is -3.53. The largest absolute Gasteiger partial charge is 0.325 e. The Bertz CT molecular complexity index is 1180. The average molecular weight is 458 g/mol. The number of pyridine rings is 1. The molecule has 3 aromatic rings. The number of anilines is 1. The fraction of sp³-hybridized carbons (Fsp3) is 0.304. The van der Waals surface area contributed by atoms with Gasteiger partial charge in [0.1, 0.15) is 0 Å². The van der Waals surface area contributed by atoms with Crippen LogP contribution < -0.4 is 5.32 Å². The molecule has 3 rings (SSSR count). The molecule has 31 heavy (non-hydrogen) atoms. The first-order chi connectivity index (χ1) is 14.8. The number of thioether (sulfide) groups is 1. The first-order valence-electron chi connectivity index (χ1n) is 10.2. The Hall–Kier alpha value is -2.42. The van der Waals surface area contributed by atoms with Gasteiger partial charge in [0.05, 0.1) is 20.7 Å². The first-order valence-corrected chi connectivity index (χ1v) is 12.5. The molecule has 0 fully saturated rings. The second kappa shape index (κ2) is 9.80. The highest BCUT2D eigenvalue weighted by Gasteiger charge is 2.22. The quantitative estimate of drug-likeness (QED) is 0.496. The zero-order chi connectivity index (χ0) is 22.6. The van der Waals surface area contributed by atoms with Crippen LogP contribution in [0.5, 0.6) is 0 Å². The first kappa shape index (κ1) is 23.2. The second-order valence-corrected chi connectivity index (χ2v) is 10.5. The highest BCUT2D eigenvalue weighted by Crippen LogP contribution is 2.29. The molecule has 0 aliphatic rings. The third-order valence-electron chi connectivity index (χ3n) is 5.01. The molecule has 0 unspecified atom stereocenters. The Balaban J connectivity index is 1.83. The van der Waals surface area contributed by atoms with Gasteiger partial charge in [0.25, 0.3) is 0 Å². The van der Waals surface area contributed by atoms with Gasteiger partial charge in [-0.1, -0.05) is 43.8 Å². The van der Waals surface area contributed by atoms with Crippen LogP contribution in [0.3, 0.4) is 0 Å². The molecule has 1 N–H and O–H groups in total. The second-order valence-electron chi connectivity index (χ2n) is 7.16. The van der Waals surface area contributed by atoms with Crippen LogP contribution in [0.15, 0.2) is 64.5 Å². The lowest BCUT2D eigenvalue weighted by Crippen LogP contribution is -2.30. The molecule has 1 aromatic heterocycles. The van der Waals surface area contributed by atoms with Crippen molar-refractivity contribution in [1.29, 1.82) is 0 Å². The van der Waals surface area contributed by atoms with Crippen molar-refractivity contribution in [2.45, 2.75) is 42.9 Å². The maximum Gasteiger partial charge on any atom is 0.243 e. The van der Waals surface area contributed by atoms with E-state index in [9.17, 15) is 13.2 Å². The van der Waals surface area contributed by atoms with Crippen LogP contribution in [-0.2, 0) is 14.8 Å². The number of fused-ring (bicyclic) bond motifs is 1. The van der Waals surface area contributed by atoms with Gasteiger partial charge < -0.3 is 5.32 Å². The average Bonchev–Trinajstić information content (AvgIpc) is 2.74. The fourth-order valence-electron chi connectivity index (χ4n) is 3.28. The van der Waals surface area contributed by atoms with Gasteiger partial charge in [0, 0.05) is 24.2 Å². The predicted octanol–water partition coefficient (Wildman–Crippen LogP) is 4.69. The lowest BCUT2D eigenvalue weighted by molar-refractivity contribution is -0.115. The van der Waals surface area contributed by atoms with E-state index in [1.165, 1.54) is 16.1 Å². The summed E-state index contributed by atoms with van der Waals surface area (Å²) in [6.07, 6.45) is 0. The van der Waals surface area contributed by atoms with Crippen molar-refractivity contribution in [2.24, 2.45) is 0 Å². The number of hydrogen-bond acceptors (Lipinski definition) is 5. The SMILES string of the molecule is CCN(CC)S(=O)(=O)c1ccc2nc(S[C@@H](C)C(=O)Nc3ccccc3)cc(C)c2c1. The lowest BCUT2D eigenvalue weighted by Gasteiger charge is -2.19. The van der Waals surface area contributed by atoms with Crippen molar-refractivity contribution in [1.82, 2.24) is 9.29 Å². The number of aromatic nitrogens is 1. The van der Waals surface area contributed by atoms with Crippen molar-refractivity contribution >= 4 is 44.3 Å². The van der Waals surface area contributed by atoms with Crippen molar-refractivity contribution in [3.05, 3.63) is 60.2 Å². The Morgan fingerprint density at radius 1 is 1.10 bits per heavy atom. The van der Waals surface area contributed by atoms with Crippen LogP contribution >= 0.6 is 11.8 Å². The van der Waals surface area contributed by atoms with Gasteiger partial charge >= 0.3 is 0 Å². The van der Waals surface area contributed by atoms with E-state index >= 15 is 0 Å². The number of aryl methyl sites for hydroxylation is 1. The van der Waals surface area contributed by atoms with Crippen molar-refractivity contribution in [3.8, 4) is 0 Å². The molecule has 0 aliphatic carbocycles.